The van der Waals surface area contributed by atoms with Gasteiger partial charge in [0, 0.05) is 44.8 Å². The van der Waals surface area contributed by atoms with Crippen LogP contribution in [0.4, 0.5) is 0 Å². The summed E-state index contributed by atoms with van der Waals surface area (Å²) in [6.07, 6.45) is 0.755. The number of likely N-dealkylation sites (N-methyl/N-ethyl adjacent to an activating group) is 1. The lowest BCUT2D eigenvalue weighted by Crippen LogP contribution is -2.43. The predicted octanol–water partition coefficient (Wildman–Crippen LogP) is 3.95. The number of piperazine rings is 1. The van der Waals surface area contributed by atoms with Crippen LogP contribution in [0, 0.1) is 0 Å². The number of hydrogen-bond donors (Lipinski definition) is 1. The van der Waals surface area contributed by atoms with E-state index in [1.807, 2.05) is 42.5 Å². The van der Waals surface area contributed by atoms with E-state index < -0.39 is 0 Å². The molecule has 31 heavy (non-hydrogen) atoms. The van der Waals surface area contributed by atoms with Crippen molar-refractivity contribution in [1.82, 2.24) is 15.1 Å². The summed E-state index contributed by atoms with van der Waals surface area (Å²) in [5.41, 5.74) is 5.45. The summed E-state index contributed by atoms with van der Waals surface area (Å²) in [6.45, 7) is 5.96. The maximum Gasteiger partial charge on any atom is 0.251 e. The van der Waals surface area contributed by atoms with Crippen LogP contribution in [0.5, 0.6) is 0 Å². The number of benzene rings is 3. The Morgan fingerprint density at radius 3 is 2.29 bits per heavy atom. The van der Waals surface area contributed by atoms with Crippen molar-refractivity contribution in [2.75, 3.05) is 33.2 Å². The van der Waals surface area contributed by atoms with Crippen LogP contribution in [-0.2, 0) is 19.5 Å². The summed E-state index contributed by atoms with van der Waals surface area (Å²) in [6, 6.07) is 26.7. The van der Waals surface area contributed by atoms with Gasteiger partial charge in [0.05, 0.1) is 0 Å². The summed E-state index contributed by atoms with van der Waals surface area (Å²) in [7, 11) is 2.18. The van der Waals surface area contributed by atoms with Gasteiger partial charge >= 0.3 is 0 Å². The second-order valence-electron chi connectivity index (χ2n) is 8.40. The SMILES string of the molecule is CN1CCN(Cc2cccc(CNC(=O)c3ccccc3Cc3ccccc3)c2)CC1. The van der Waals surface area contributed by atoms with E-state index in [2.05, 4.69) is 58.6 Å². The lowest BCUT2D eigenvalue weighted by molar-refractivity contribution is 0.0950. The Kier molecular flexibility index (Phi) is 7.13. The van der Waals surface area contributed by atoms with Crippen molar-refractivity contribution in [3.8, 4) is 0 Å². The maximum absolute atomic E-state index is 12.9. The smallest absolute Gasteiger partial charge is 0.251 e. The normalized spacial score (nSPS) is 15.0. The van der Waals surface area contributed by atoms with E-state index in [9.17, 15) is 4.79 Å². The largest absolute Gasteiger partial charge is 0.348 e. The Bertz CT molecular complexity index is 994. The Morgan fingerprint density at radius 2 is 1.48 bits per heavy atom. The van der Waals surface area contributed by atoms with Gasteiger partial charge in [0.25, 0.3) is 5.91 Å². The number of carbonyl (C=O) groups excluding carboxylic acids is 1. The van der Waals surface area contributed by atoms with Crippen molar-refractivity contribution in [2.24, 2.45) is 0 Å². The van der Waals surface area contributed by atoms with Gasteiger partial charge in [0.2, 0.25) is 0 Å². The minimum Gasteiger partial charge on any atom is -0.348 e. The van der Waals surface area contributed by atoms with Gasteiger partial charge in [-0.1, -0.05) is 72.8 Å². The first kappa shape index (κ1) is 21.3. The Morgan fingerprint density at radius 1 is 0.806 bits per heavy atom. The fraction of sp³-hybridized carbons (Fsp3) is 0.296. The molecule has 0 saturated carbocycles. The van der Waals surface area contributed by atoms with Gasteiger partial charge in [-0.25, -0.2) is 0 Å². The highest BCUT2D eigenvalue weighted by atomic mass is 16.1. The van der Waals surface area contributed by atoms with Crippen LogP contribution in [0.25, 0.3) is 0 Å². The zero-order valence-corrected chi connectivity index (χ0v) is 18.3. The number of nitrogens with one attached hydrogen (secondary N) is 1. The predicted molar refractivity (Wildman–Crippen MR) is 126 cm³/mol. The van der Waals surface area contributed by atoms with Gasteiger partial charge < -0.3 is 10.2 Å². The Hall–Kier alpha value is -2.95. The first-order valence-corrected chi connectivity index (χ1v) is 11.1. The quantitative estimate of drug-likeness (QED) is 0.637. The third kappa shape index (κ3) is 6.03. The molecule has 1 aliphatic rings. The number of carbonyl (C=O) groups is 1. The number of rotatable bonds is 7. The van der Waals surface area contributed by atoms with Gasteiger partial charge in [-0.15, -0.1) is 0 Å². The second-order valence-corrected chi connectivity index (χ2v) is 8.40. The number of hydrogen-bond acceptors (Lipinski definition) is 3. The van der Waals surface area contributed by atoms with E-state index in [1.54, 1.807) is 0 Å². The fourth-order valence-electron chi connectivity index (χ4n) is 4.09. The van der Waals surface area contributed by atoms with Crippen LogP contribution in [0.3, 0.4) is 0 Å². The van der Waals surface area contributed by atoms with Crippen molar-refractivity contribution in [3.05, 3.63) is 107 Å². The summed E-state index contributed by atoms with van der Waals surface area (Å²) in [4.78, 5) is 17.8. The highest BCUT2D eigenvalue weighted by molar-refractivity contribution is 5.95. The average molecular weight is 414 g/mol. The molecule has 0 aliphatic carbocycles. The lowest BCUT2D eigenvalue weighted by atomic mass is 9.99. The molecule has 1 fully saturated rings. The van der Waals surface area contributed by atoms with Crippen LogP contribution in [0.1, 0.15) is 32.6 Å². The van der Waals surface area contributed by atoms with Crippen molar-refractivity contribution in [1.29, 1.82) is 0 Å². The van der Waals surface area contributed by atoms with E-state index in [4.69, 9.17) is 0 Å². The summed E-state index contributed by atoms with van der Waals surface area (Å²) >= 11 is 0. The molecule has 4 nitrogen and oxygen atoms in total. The van der Waals surface area contributed by atoms with Crippen LogP contribution < -0.4 is 5.32 Å². The summed E-state index contributed by atoms with van der Waals surface area (Å²) in [5.74, 6) is -0.0176. The topological polar surface area (TPSA) is 35.6 Å². The van der Waals surface area contributed by atoms with Crippen molar-refractivity contribution in [2.45, 2.75) is 19.5 Å². The van der Waals surface area contributed by atoms with Gasteiger partial charge in [0.15, 0.2) is 0 Å². The molecule has 0 spiro atoms. The monoisotopic (exact) mass is 413 g/mol. The summed E-state index contributed by atoms with van der Waals surface area (Å²) < 4.78 is 0. The molecule has 0 unspecified atom stereocenters. The van der Waals surface area contributed by atoms with Gasteiger partial charge in [-0.2, -0.15) is 0 Å². The summed E-state index contributed by atoms with van der Waals surface area (Å²) in [5, 5.41) is 3.12. The standard InChI is InChI=1S/C27H31N3O/c1-29-14-16-30(17-15-29)21-24-11-7-10-23(18-24)20-28-27(31)26-13-6-5-12-25(26)19-22-8-3-2-4-9-22/h2-13,18H,14-17,19-21H2,1H3,(H,28,31). The van der Waals surface area contributed by atoms with E-state index in [-0.39, 0.29) is 5.91 Å². The molecular formula is C27H31N3O. The van der Waals surface area contributed by atoms with Gasteiger partial charge in [-0.05, 0) is 41.8 Å². The molecule has 3 aromatic rings. The molecule has 1 aliphatic heterocycles. The molecule has 4 heteroatoms. The third-order valence-electron chi connectivity index (χ3n) is 5.95. The van der Waals surface area contributed by atoms with E-state index in [0.717, 1.165) is 55.8 Å². The van der Waals surface area contributed by atoms with Crippen molar-refractivity contribution >= 4 is 5.91 Å². The van der Waals surface area contributed by atoms with E-state index >= 15 is 0 Å². The van der Waals surface area contributed by atoms with Crippen LogP contribution in [0.2, 0.25) is 0 Å². The molecule has 0 atom stereocenters. The van der Waals surface area contributed by atoms with E-state index in [1.165, 1.54) is 11.1 Å². The van der Waals surface area contributed by atoms with Gasteiger partial charge in [0.1, 0.15) is 0 Å². The molecule has 160 valence electrons. The van der Waals surface area contributed by atoms with Gasteiger partial charge in [-0.3, -0.25) is 9.69 Å². The first-order chi connectivity index (χ1) is 15.2. The Labute approximate surface area is 185 Å². The fourth-order valence-corrected chi connectivity index (χ4v) is 4.09. The molecule has 1 saturated heterocycles. The first-order valence-electron chi connectivity index (χ1n) is 11.1. The average Bonchev–Trinajstić information content (AvgIpc) is 2.80. The molecule has 1 N–H and O–H groups in total. The highest BCUT2D eigenvalue weighted by Crippen LogP contribution is 2.15. The lowest BCUT2D eigenvalue weighted by Gasteiger charge is -2.32. The van der Waals surface area contributed by atoms with Crippen LogP contribution in [0.15, 0.2) is 78.9 Å². The van der Waals surface area contributed by atoms with Crippen LogP contribution in [-0.4, -0.2) is 48.9 Å². The minimum absolute atomic E-state index is 0.0176. The molecule has 3 aromatic carbocycles. The second kappa shape index (κ2) is 10.4. The minimum atomic E-state index is -0.0176. The highest BCUT2D eigenvalue weighted by Gasteiger charge is 2.14. The van der Waals surface area contributed by atoms with Crippen LogP contribution >= 0.6 is 0 Å². The molecule has 0 radical (unpaired) electrons. The number of amides is 1. The molecule has 0 bridgehead atoms. The van der Waals surface area contributed by atoms with E-state index in [0.29, 0.717) is 6.54 Å². The maximum atomic E-state index is 12.9. The number of nitrogens with zero attached hydrogens (tertiary/aromatic N) is 2. The van der Waals surface area contributed by atoms with Crippen molar-refractivity contribution in [3.63, 3.8) is 0 Å². The molecule has 4 rings (SSSR count). The molecule has 1 amide bonds. The Balaban J connectivity index is 1.37. The molecule has 1 heterocycles. The third-order valence-corrected chi connectivity index (χ3v) is 5.95. The zero-order chi connectivity index (χ0) is 21.5. The zero-order valence-electron chi connectivity index (χ0n) is 18.3. The van der Waals surface area contributed by atoms with Crippen molar-refractivity contribution < 1.29 is 4.79 Å². The molecule has 0 aromatic heterocycles. The molecular weight excluding hydrogens is 382 g/mol.